The van der Waals surface area contributed by atoms with Gasteiger partial charge in [-0.3, -0.25) is 0 Å². The number of aryl methyl sites for hydroxylation is 2. The first-order valence-corrected chi connectivity index (χ1v) is 25.6. The van der Waals surface area contributed by atoms with Crippen LogP contribution >= 0.6 is 16.3 Å². The molecule has 2 aliphatic rings. The van der Waals surface area contributed by atoms with Crippen molar-refractivity contribution in [2.45, 2.75) is 101 Å². The Bertz CT molecular complexity index is 2810. The summed E-state index contributed by atoms with van der Waals surface area (Å²) in [6, 6.07) is 2.93. The van der Waals surface area contributed by atoms with Gasteiger partial charge in [0.25, 0.3) is 0 Å². The van der Waals surface area contributed by atoms with E-state index in [-0.39, 0.29) is 109 Å². The van der Waals surface area contributed by atoms with Gasteiger partial charge in [0.2, 0.25) is 0 Å². The molecule has 6 aromatic carbocycles. The van der Waals surface area contributed by atoms with E-state index in [0.717, 1.165) is 12.1 Å². The molecule has 0 atom stereocenters. The van der Waals surface area contributed by atoms with E-state index in [1.807, 2.05) is 0 Å². The van der Waals surface area contributed by atoms with Gasteiger partial charge in [0, 0.05) is 32.3 Å². The Hall–Kier alpha value is -5.90. The van der Waals surface area contributed by atoms with Gasteiger partial charge in [-0.15, -0.1) is 0 Å². The zero-order valence-electron chi connectivity index (χ0n) is 39.7. The zero-order valence-corrected chi connectivity index (χ0v) is 41.5. The minimum Gasteiger partial charge on any atom is -0.464 e. The number of rotatable bonds is 9. The molecule has 0 amide bonds. The number of halogens is 24. The third kappa shape index (κ3) is 13.2. The standard InChI is InChI=1S/C52H32F24O2P2/c53-45(54,55)27-13-28(46(56,57)58)18-35(17-27)79(36-19-29(47(59,60)61)14-30(20-36)48(62,63)64)77-41-11-9-25-5-1-3-7-39(25)43(41)44-40-8-4-2-6-26(40)10-12-42(44)78-80(37-21-31(49(65,66)67)15-32(22-37)50(68,69)70)38-23-33(51(71,72)73)16-34(24-38)52(74,75)76/h9-24H,1-8H2. The maximum atomic E-state index is 14.5. The van der Waals surface area contributed by atoms with E-state index < -0.39 is 167 Å². The van der Waals surface area contributed by atoms with Crippen molar-refractivity contribution in [2.24, 2.45) is 0 Å². The number of benzene rings is 6. The monoisotopic (exact) mass is 1210 g/mol. The van der Waals surface area contributed by atoms with Crippen molar-refractivity contribution in [3.8, 4) is 22.6 Å². The fraction of sp³-hybridized carbons (Fsp3) is 0.308. The fourth-order valence-electron chi connectivity index (χ4n) is 9.24. The molecular formula is C52H32F24O2P2. The molecule has 0 heterocycles. The maximum absolute atomic E-state index is 14.5. The van der Waals surface area contributed by atoms with Gasteiger partial charge < -0.3 is 9.05 Å². The van der Waals surface area contributed by atoms with Crippen molar-refractivity contribution in [1.29, 1.82) is 0 Å². The highest BCUT2D eigenvalue weighted by Gasteiger charge is 2.44. The second kappa shape index (κ2) is 21.1. The predicted octanol–water partition coefficient (Wildman–Crippen LogP) is 18.1. The quantitative estimate of drug-likeness (QED) is 0.106. The molecule has 80 heavy (non-hydrogen) atoms. The lowest BCUT2D eigenvalue weighted by atomic mass is 9.80. The van der Waals surface area contributed by atoms with Crippen molar-refractivity contribution >= 4 is 37.5 Å². The van der Waals surface area contributed by atoms with Crippen LogP contribution in [0.2, 0.25) is 0 Å². The Morgan fingerprint density at radius 2 is 0.463 bits per heavy atom. The van der Waals surface area contributed by atoms with Gasteiger partial charge in [-0.1, -0.05) is 12.1 Å². The van der Waals surface area contributed by atoms with Gasteiger partial charge in [0.15, 0.2) is 16.3 Å². The largest absolute Gasteiger partial charge is 0.464 e. The van der Waals surface area contributed by atoms with Crippen molar-refractivity contribution in [2.75, 3.05) is 0 Å². The van der Waals surface area contributed by atoms with Gasteiger partial charge in [-0.05, 0) is 159 Å². The Balaban J connectivity index is 1.48. The van der Waals surface area contributed by atoms with Crippen LogP contribution in [0.15, 0.2) is 97.1 Å². The van der Waals surface area contributed by atoms with Crippen LogP contribution in [-0.4, -0.2) is 0 Å². The summed E-state index contributed by atoms with van der Waals surface area (Å²) in [6.45, 7) is 0. The lowest BCUT2D eigenvalue weighted by molar-refractivity contribution is -0.144. The molecule has 28 heteroatoms. The molecule has 8 rings (SSSR count). The highest BCUT2D eigenvalue weighted by atomic mass is 31.1. The van der Waals surface area contributed by atoms with Gasteiger partial charge in [-0.25, -0.2) is 0 Å². The normalized spacial score (nSPS) is 15.1. The third-order valence-corrected chi connectivity index (χ3v) is 16.5. The Labute approximate surface area is 438 Å². The summed E-state index contributed by atoms with van der Waals surface area (Å²) >= 11 is 0. The van der Waals surface area contributed by atoms with Crippen LogP contribution < -0.4 is 30.3 Å². The minimum absolute atomic E-state index is 0.00672. The lowest BCUT2D eigenvalue weighted by Crippen LogP contribution is -2.24. The second-order valence-electron chi connectivity index (χ2n) is 18.4. The molecule has 6 aromatic rings. The van der Waals surface area contributed by atoms with E-state index in [0.29, 0.717) is 24.0 Å². The topological polar surface area (TPSA) is 18.5 Å². The molecule has 0 aromatic heterocycles. The summed E-state index contributed by atoms with van der Waals surface area (Å²) in [6.07, 6.45) is -44.0. The molecule has 0 fully saturated rings. The summed E-state index contributed by atoms with van der Waals surface area (Å²) in [5, 5.41) is -5.10. The number of fused-ring (bicyclic) bond motifs is 2. The molecule has 0 spiro atoms. The molecule has 2 aliphatic carbocycles. The smallest absolute Gasteiger partial charge is 0.416 e. The summed E-state index contributed by atoms with van der Waals surface area (Å²) in [5.41, 5.74) is -16.5. The highest BCUT2D eigenvalue weighted by molar-refractivity contribution is 7.69. The first-order chi connectivity index (χ1) is 36.7. The van der Waals surface area contributed by atoms with Crippen LogP contribution in [0.1, 0.15) is 92.4 Å². The molecule has 0 N–H and O–H groups in total. The Morgan fingerprint density at radius 1 is 0.263 bits per heavy atom. The molecule has 0 saturated heterocycles. The highest BCUT2D eigenvalue weighted by Crippen LogP contribution is 2.54. The second-order valence-corrected chi connectivity index (χ2v) is 22.0. The molecular weight excluding hydrogens is 1170 g/mol. The summed E-state index contributed by atoms with van der Waals surface area (Å²) in [7, 11) is -7.67. The van der Waals surface area contributed by atoms with E-state index in [1.54, 1.807) is 0 Å². The fourth-order valence-corrected chi connectivity index (χ4v) is 13.0. The van der Waals surface area contributed by atoms with E-state index in [1.165, 1.54) is 12.1 Å². The van der Waals surface area contributed by atoms with Crippen molar-refractivity contribution in [1.82, 2.24) is 0 Å². The molecule has 0 radical (unpaired) electrons. The van der Waals surface area contributed by atoms with Crippen LogP contribution in [0.4, 0.5) is 105 Å². The molecule has 2 nitrogen and oxygen atoms in total. The van der Waals surface area contributed by atoms with E-state index in [2.05, 4.69) is 0 Å². The third-order valence-electron chi connectivity index (χ3n) is 12.8. The number of hydrogen-bond acceptors (Lipinski definition) is 2. The van der Waals surface area contributed by atoms with Crippen LogP contribution in [0, 0.1) is 0 Å². The molecule has 0 unspecified atom stereocenters. The van der Waals surface area contributed by atoms with Gasteiger partial charge in [-0.2, -0.15) is 105 Å². The molecule has 430 valence electrons. The van der Waals surface area contributed by atoms with Crippen LogP contribution in [0.3, 0.4) is 0 Å². The summed E-state index contributed by atoms with van der Waals surface area (Å²) in [4.78, 5) is 0. The lowest BCUT2D eigenvalue weighted by Gasteiger charge is -2.31. The van der Waals surface area contributed by atoms with Crippen LogP contribution in [0.5, 0.6) is 11.5 Å². The first kappa shape index (κ1) is 60.2. The van der Waals surface area contributed by atoms with E-state index >= 15 is 0 Å². The number of hydrogen-bond donors (Lipinski definition) is 0. The van der Waals surface area contributed by atoms with Crippen LogP contribution in [0.25, 0.3) is 11.1 Å². The van der Waals surface area contributed by atoms with E-state index in [4.69, 9.17) is 9.05 Å². The summed E-state index contributed by atoms with van der Waals surface area (Å²) in [5.74, 6) is -1.47. The Kier molecular flexibility index (Phi) is 15.9. The van der Waals surface area contributed by atoms with Gasteiger partial charge in [0.05, 0.1) is 44.5 Å². The predicted molar refractivity (Wildman–Crippen MR) is 245 cm³/mol. The first-order valence-electron chi connectivity index (χ1n) is 23.1. The molecule has 0 aliphatic heterocycles. The van der Waals surface area contributed by atoms with Crippen molar-refractivity contribution in [3.05, 3.63) is 164 Å². The molecule has 0 bridgehead atoms. The van der Waals surface area contributed by atoms with Crippen LogP contribution in [-0.2, 0) is 75.1 Å². The van der Waals surface area contributed by atoms with Gasteiger partial charge in [0.1, 0.15) is 11.5 Å². The van der Waals surface area contributed by atoms with Gasteiger partial charge >= 0.3 is 49.4 Å². The zero-order chi connectivity index (χ0) is 59.1. The Morgan fingerprint density at radius 3 is 0.662 bits per heavy atom. The van der Waals surface area contributed by atoms with Crippen molar-refractivity contribution < 1.29 is 114 Å². The number of alkyl halides is 24. The average Bonchev–Trinajstić information content (AvgIpc) is 3.56. The minimum atomic E-state index is -5.67. The van der Waals surface area contributed by atoms with Crippen molar-refractivity contribution in [3.63, 3.8) is 0 Å². The maximum Gasteiger partial charge on any atom is 0.416 e. The van der Waals surface area contributed by atoms with E-state index in [9.17, 15) is 105 Å². The average molecular weight is 1210 g/mol. The summed E-state index contributed by atoms with van der Waals surface area (Å²) < 4.78 is 360. The molecule has 0 saturated carbocycles. The SMILES string of the molecule is FC(F)(F)c1cc(P(Oc2ccc3c(c2-c2c(OP(c4cc(C(F)(F)F)cc(C(F)(F)F)c4)c4cc(C(F)(F)F)cc(C(F)(F)F)c4)ccc4c2CCCC4)CCCC3)c2cc(C(F)(F)F)cc(C(F)(F)F)c2)cc(C(F)(F)F)c1.